The molecule has 2 aromatic carbocycles. The largest absolute Gasteiger partial charge is 0.490 e. The van der Waals surface area contributed by atoms with Crippen molar-refractivity contribution < 1.29 is 9.47 Å². The molecule has 1 N–H and O–H groups in total. The molecule has 3 rings (SSSR count). The molecule has 1 aliphatic carbocycles. The number of ether oxygens (including phenoxy) is 2. The molecule has 2 aromatic rings. The van der Waals surface area contributed by atoms with Gasteiger partial charge in [-0.05, 0) is 43.0 Å². The summed E-state index contributed by atoms with van der Waals surface area (Å²) in [4.78, 5) is 0. The normalized spacial score (nSPS) is 15.3. The Morgan fingerprint density at radius 3 is 2.37 bits per heavy atom. The van der Waals surface area contributed by atoms with E-state index in [1.54, 1.807) is 0 Å². The van der Waals surface area contributed by atoms with E-state index >= 15 is 0 Å². The summed E-state index contributed by atoms with van der Waals surface area (Å²) in [5, 5.41) is 3.74. The van der Waals surface area contributed by atoms with Crippen LogP contribution in [-0.2, 0) is 13.2 Å². The maximum absolute atomic E-state index is 6.05. The van der Waals surface area contributed by atoms with Gasteiger partial charge in [-0.3, -0.25) is 0 Å². The fourth-order valence-electron chi connectivity index (χ4n) is 3.57. The van der Waals surface area contributed by atoms with Crippen LogP contribution in [0.15, 0.2) is 46.9 Å². The lowest BCUT2D eigenvalue weighted by atomic mass is 10.1. The zero-order valence-corrected chi connectivity index (χ0v) is 17.8. The van der Waals surface area contributed by atoms with Gasteiger partial charge in [0.05, 0.1) is 6.61 Å². The molecule has 0 atom stereocenters. The highest BCUT2D eigenvalue weighted by atomic mass is 79.9. The lowest BCUT2D eigenvalue weighted by molar-refractivity contribution is 0.268. The smallest absolute Gasteiger partial charge is 0.162 e. The Balaban J connectivity index is 1.67. The lowest BCUT2D eigenvalue weighted by Gasteiger charge is -2.19. The Kier molecular flexibility index (Phi) is 8.03. The van der Waals surface area contributed by atoms with Gasteiger partial charge in [0.15, 0.2) is 11.5 Å². The zero-order valence-electron chi connectivity index (χ0n) is 16.2. The minimum Gasteiger partial charge on any atom is -0.490 e. The van der Waals surface area contributed by atoms with Crippen molar-refractivity contribution in [3.63, 3.8) is 0 Å². The topological polar surface area (TPSA) is 30.5 Å². The SMILES string of the molecule is CCOc1cc(CNC2CCCCCC2)c(Br)cc1OCc1ccccc1. The molecule has 0 heterocycles. The number of hydrogen-bond donors (Lipinski definition) is 1. The fraction of sp³-hybridized carbons (Fsp3) is 0.478. The van der Waals surface area contributed by atoms with Crippen molar-refractivity contribution in [2.45, 2.75) is 64.6 Å². The van der Waals surface area contributed by atoms with Crippen LogP contribution in [0, 0.1) is 0 Å². The first-order valence-electron chi connectivity index (χ1n) is 10.1. The van der Waals surface area contributed by atoms with Gasteiger partial charge in [-0.1, -0.05) is 71.9 Å². The van der Waals surface area contributed by atoms with Crippen LogP contribution in [0.25, 0.3) is 0 Å². The third-order valence-corrected chi connectivity index (χ3v) is 5.82. The van der Waals surface area contributed by atoms with Crippen LogP contribution in [0.2, 0.25) is 0 Å². The predicted octanol–water partition coefficient (Wildman–Crippen LogP) is 6.24. The van der Waals surface area contributed by atoms with Crippen molar-refractivity contribution in [3.8, 4) is 11.5 Å². The molecule has 3 nitrogen and oxygen atoms in total. The van der Waals surface area contributed by atoms with Crippen molar-refractivity contribution in [1.82, 2.24) is 5.32 Å². The first-order chi connectivity index (χ1) is 13.3. The summed E-state index contributed by atoms with van der Waals surface area (Å²) >= 11 is 3.72. The van der Waals surface area contributed by atoms with Crippen LogP contribution in [-0.4, -0.2) is 12.6 Å². The first kappa shape index (κ1) is 20.2. The molecule has 146 valence electrons. The molecule has 0 saturated heterocycles. The van der Waals surface area contributed by atoms with Gasteiger partial charge in [-0.2, -0.15) is 0 Å². The highest BCUT2D eigenvalue weighted by Crippen LogP contribution is 2.34. The van der Waals surface area contributed by atoms with Gasteiger partial charge in [-0.15, -0.1) is 0 Å². The molecular weight excluding hydrogens is 402 g/mol. The van der Waals surface area contributed by atoms with Gasteiger partial charge in [0.25, 0.3) is 0 Å². The molecule has 0 spiro atoms. The minimum absolute atomic E-state index is 0.535. The molecule has 0 aliphatic heterocycles. The second-order valence-corrected chi connectivity index (χ2v) is 8.02. The van der Waals surface area contributed by atoms with E-state index in [9.17, 15) is 0 Å². The van der Waals surface area contributed by atoms with E-state index < -0.39 is 0 Å². The summed E-state index contributed by atoms with van der Waals surface area (Å²) < 4.78 is 13.0. The number of rotatable bonds is 8. The van der Waals surface area contributed by atoms with Crippen molar-refractivity contribution in [1.29, 1.82) is 0 Å². The molecule has 0 bridgehead atoms. The zero-order chi connectivity index (χ0) is 18.9. The third kappa shape index (κ3) is 6.25. The Hall–Kier alpha value is -1.52. The molecule has 0 radical (unpaired) electrons. The third-order valence-electron chi connectivity index (χ3n) is 5.09. The first-order valence-corrected chi connectivity index (χ1v) is 10.9. The predicted molar refractivity (Wildman–Crippen MR) is 114 cm³/mol. The average Bonchev–Trinajstić information content (AvgIpc) is 2.97. The number of hydrogen-bond acceptors (Lipinski definition) is 3. The molecular formula is C23H30BrNO2. The van der Waals surface area contributed by atoms with E-state index in [1.165, 1.54) is 44.1 Å². The Morgan fingerprint density at radius 2 is 1.67 bits per heavy atom. The highest BCUT2D eigenvalue weighted by Gasteiger charge is 2.15. The second kappa shape index (κ2) is 10.7. The van der Waals surface area contributed by atoms with Crippen LogP contribution >= 0.6 is 15.9 Å². The van der Waals surface area contributed by atoms with Crippen molar-refractivity contribution >= 4 is 15.9 Å². The summed E-state index contributed by atoms with van der Waals surface area (Å²) in [5.41, 5.74) is 2.37. The monoisotopic (exact) mass is 431 g/mol. The molecule has 1 saturated carbocycles. The van der Waals surface area contributed by atoms with Gasteiger partial charge in [-0.25, -0.2) is 0 Å². The minimum atomic E-state index is 0.535. The van der Waals surface area contributed by atoms with Gasteiger partial charge in [0, 0.05) is 17.1 Å². The maximum atomic E-state index is 6.05. The highest BCUT2D eigenvalue weighted by molar-refractivity contribution is 9.10. The molecule has 0 aromatic heterocycles. The number of benzene rings is 2. The van der Waals surface area contributed by atoms with E-state index in [0.717, 1.165) is 28.1 Å². The van der Waals surface area contributed by atoms with E-state index in [1.807, 2.05) is 31.2 Å². The van der Waals surface area contributed by atoms with Gasteiger partial charge >= 0.3 is 0 Å². The fourth-order valence-corrected chi connectivity index (χ4v) is 4.03. The summed E-state index contributed by atoms with van der Waals surface area (Å²) in [6, 6.07) is 15.0. The summed E-state index contributed by atoms with van der Waals surface area (Å²) in [6.07, 6.45) is 8.01. The van der Waals surface area contributed by atoms with E-state index in [0.29, 0.717) is 19.3 Å². The Labute approximate surface area is 171 Å². The maximum Gasteiger partial charge on any atom is 0.162 e. The summed E-state index contributed by atoms with van der Waals surface area (Å²) in [7, 11) is 0. The van der Waals surface area contributed by atoms with Crippen LogP contribution in [0.3, 0.4) is 0 Å². The molecule has 0 amide bonds. The van der Waals surface area contributed by atoms with E-state index in [4.69, 9.17) is 9.47 Å². The second-order valence-electron chi connectivity index (χ2n) is 7.17. The van der Waals surface area contributed by atoms with E-state index in [2.05, 4.69) is 39.4 Å². The number of halogens is 1. The molecule has 4 heteroatoms. The van der Waals surface area contributed by atoms with Crippen LogP contribution < -0.4 is 14.8 Å². The van der Waals surface area contributed by atoms with Gasteiger partial charge < -0.3 is 14.8 Å². The Bertz CT molecular complexity index is 697. The van der Waals surface area contributed by atoms with Gasteiger partial charge in [0.1, 0.15) is 6.61 Å². The van der Waals surface area contributed by atoms with Crippen LogP contribution in [0.1, 0.15) is 56.6 Å². The molecule has 1 fully saturated rings. The molecule has 27 heavy (non-hydrogen) atoms. The van der Waals surface area contributed by atoms with Gasteiger partial charge in [0.2, 0.25) is 0 Å². The molecule has 1 aliphatic rings. The standard InChI is InChI=1S/C23H30BrNO2/c1-2-26-22-14-19(16-25-20-12-8-3-4-9-13-20)21(24)15-23(22)27-17-18-10-6-5-7-11-18/h5-7,10-11,14-15,20,25H,2-4,8-9,12-13,16-17H2,1H3. The summed E-state index contributed by atoms with van der Waals surface area (Å²) in [6.45, 7) is 4.02. The van der Waals surface area contributed by atoms with Crippen molar-refractivity contribution in [2.75, 3.05) is 6.61 Å². The van der Waals surface area contributed by atoms with E-state index in [-0.39, 0.29) is 0 Å². The average molecular weight is 432 g/mol. The van der Waals surface area contributed by atoms with Crippen molar-refractivity contribution in [2.24, 2.45) is 0 Å². The number of nitrogens with one attached hydrogen (secondary N) is 1. The lowest BCUT2D eigenvalue weighted by Crippen LogP contribution is -2.28. The Morgan fingerprint density at radius 1 is 0.963 bits per heavy atom. The van der Waals surface area contributed by atoms with Crippen LogP contribution in [0.5, 0.6) is 11.5 Å². The molecule has 0 unspecified atom stereocenters. The quantitative estimate of drug-likeness (QED) is 0.501. The summed E-state index contributed by atoms with van der Waals surface area (Å²) in [5.74, 6) is 1.60. The van der Waals surface area contributed by atoms with Crippen LogP contribution in [0.4, 0.5) is 0 Å². The van der Waals surface area contributed by atoms with Crippen molar-refractivity contribution in [3.05, 3.63) is 58.1 Å².